The second-order valence-electron chi connectivity index (χ2n) is 5.83. The Morgan fingerprint density at radius 3 is 2.67 bits per heavy atom. The molecule has 1 fully saturated rings. The summed E-state index contributed by atoms with van der Waals surface area (Å²) in [5.74, 6) is 2.77. The Morgan fingerprint density at radius 2 is 1.96 bits per heavy atom. The lowest BCUT2D eigenvalue weighted by molar-refractivity contribution is 0.0632. The maximum absolute atomic E-state index is 12.9. The second kappa shape index (κ2) is 7.86. The van der Waals surface area contributed by atoms with E-state index in [4.69, 9.17) is 6.42 Å². The number of hydrogen-bond donors (Lipinski definition) is 0. The van der Waals surface area contributed by atoms with Crippen LogP contribution in [0.5, 0.6) is 0 Å². The third kappa shape index (κ3) is 3.82. The summed E-state index contributed by atoms with van der Waals surface area (Å²) < 4.78 is 3.12. The summed E-state index contributed by atoms with van der Waals surface area (Å²) in [5.41, 5.74) is 1.73. The van der Waals surface area contributed by atoms with Gasteiger partial charge < -0.3 is 9.47 Å². The van der Waals surface area contributed by atoms with Crippen LogP contribution in [-0.2, 0) is 0 Å². The van der Waals surface area contributed by atoms with E-state index in [1.807, 2.05) is 46.0 Å². The molecule has 1 aliphatic heterocycles. The van der Waals surface area contributed by atoms with E-state index in [-0.39, 0.29) is 5.91 Å². The van der Waals surface area contributed by atoms with Crippen LogP contribution in [0.4, 0.5) is 0 Å². The zero-order valence-corrected chi connectivity index (χ0v) is 15.6. The van der Waals surface area contributed by atoms with Gasteiger partial charge in [0.05, 0.1) is 0 Å². The first-order valence-corrected chi connectivity index (χ1v) is 9.15. The third-order valence-corrected chi connectivity index (χ3v) is 4.96. The number of hydrogen-bond acceptors (Lipinski definition) is 2. The number of benzene rings is 1. The molecule has 0 N–H and O–H groups in total. The number of amides is 1. The van der Waals surface area contributed by atoms with E-state index in [0.717, 1.165) is 48.4 Å². The highest BCUT2D eigenvalue weighted by Crippen LogP contribution is 2.18. The molecule has 2 aromatic rings. The van der Waals surface area contributed by atoms with Crippen LogP contribution in [-0.4, -0.2) is 53.0 Å². The van der Waals surface area contributed by atoms with Gasteiger partial charge in [-0.2, -0.15) is 0 Å². The molecule has 1 aromatic carbocycles. The summed E-state index contributed by atoms with van der Waals surface area (Å²) in [6, 6.07) is 12.0. The fraction of sp³-hybridized carbons (Fsp3) is 0.316. The van der Waals surface area contributed by atoms with Crippen LogP contribution in [0.3, 0.4) is 0 Å². The first-order chi connectivity index (χ1) is 11.7. The fourth-order valence-electron chi connectivity index (χ4n) is 2.97. The average Bonchev–Trinajstić information content (AvgIpc) is 3.09. The molecular weight excluding hydrogens is 413 g/mol. The number of carbonyl (C=O) groups is 1. The molecule has 2 heterocycles. The number of carbonyl (C=O) groups excluding carboxylic acids is 1. The van der Waals surface area contributed by atoms with Crippen LogP contribution < -0.4 is 0 Å². The highest BCUT2D eigenvalue weighted by atomic mass is 127. The van der Waals surface area contributed by atoms with Crippen LogP contribution in [0.15, 0.2) is 42.6 Å². The van der Waals surface area contributed by atoms with E-state index in [0.29, 0.717) is 5.69 Å². The van der Waals surface area contributed by atoms with E-state index in [1.54, 1.807) is 0 Å². The molecule has 3 rings (SSSR count). The number of terminal acetylenes is 1. The van der Waals surface area contributed by atoms with E-state index < -0.39 is 0 Å². The highest BCUT2D eigenvalue weighted by molar-refractivity contribution is 14.1. The molecule has 0 saturated carbocycles. The van der Waals surface area contributed by atoms with Crippen LogP contribution in [0.25, 0.3) is 5.69 Å². The van der Waals surface area contributed by atoms with Crippen LogP contribution in [0.2, 0.25) is 0 Å². The quantitative estimate of drug-likeness (QED) is 0.548. The van der Waals surface area contributed by atoms with Gasteiger partial charge in [-0.3, -0.25) is 9.69 Å². The summed E-state index contributed by atoms with van der Waals surface area (Å²) in [6.45, 7) is 4.19. The van der Waals surface area contributed by atoms with Gasteiger partial charge in [0, 0.05) is 54.6 Å². The van der Waals surface area contributed by atoms with Crippen molar-refractivity contribution in [2.75, 3.05) is 32.7 Å². The summed E-state index contributed by atoms with van der Waals surface area (Å²) in [4.78, 5) is 17.2. The SMILES string of the molecule is C#CCCN1CCN(C(=O)c2cccn2-c2cccc(I)c2)CC1. The Balaban J connectivity index is 1.71. The number of halogens is 1. The van der Waals surface area contributed by atoms with Crippen molar-refractivity contribution in [1.29, 1.82) is 0 Å². The van der Waals surface area contributed by atoms with Crippen molar-refractivity contribution in [3.05, 3.63) is 51.9 Å². The molecular formula is C19H20IN3O. The van der Waals surface area contributed by atoms with Crippen molar-refractivity contribution in [3.63, 3.8) is 0 Å². The van der Waals surface area contributed by atoms with Crippen LogP contribution in [0.1, 0.15) is 16.9 Å². The zero-order valence-electron chi connectivity index (χ0n) is 13.5. The van der Waals surface area contributed by atoms with E-state index in [9.17, 15) is 4.79 Å². The van der Waals surface area contributed by atoms with Gasteiger partial charge in [0.25, 0.3) is 5.91 Å². The minimum absolute atomic E-state index is 0.0930. The molecule has 24 heavy (non-hydrogen) atoms. The molecule has 124 valence electrons. The van der Waals surface area contributed by atoms with E-state index >= 15 is 0 Å². The van der Waals surface area contributed by atoms with Gasteiger partial charge in [-0.1, -0.05) is 6.07 Å². The molecule has 0 spiro atoms. The number of nitrogens with zero attached hydrogens (tertiary/aromatic N) is 3. The minimum Gasteiger partial charge on any atom is -0.335 e. The average molecular weight is 433 g/mol. The Bertz CT molecular complexity index is 754. The monoisotopic (exact) mass is 433 g/mol. The van der Waals surface area contributed by atoms with Crippen LogP contribution in [0, 0.1) is 15.9 Å². The number of rotatable bonds is 4. The largest absolute Gasteiger partial charge is 0.335 e. The molecule has 0 radical (unpaired) electrons. The first kappa shape index (κ1) is 17.1. The Hall–Kier alpha value is -1.78. The molecule has 1 saturated heterocycles. The normalized spacial score (nSPS) is 15.2. The maximum atomic E-state index is 12.9. The maximum Gasteiger partial charge on any atom is 0.270 e. The van der Waals surface area contributed by atoms with Crippen molar-refractivity contribution >= 4 is 28.5 Å². The minimum atomic E-state index is 0.0930. The van der Waals surface area contributed by atoms with Gasteiger partial charge in [-0.25, -0.2) is 0 Å². The highest BCUT2D eigenvalue weighted by Gasteiger charge is 2.23. The zero-order chi connectivity index (χ0) is 16.9. The molecule has 0 atom stereocenters. The van der Waals surface area contributed by atoms with Gasteiger partial charge in [0.2, 0.25) is 0 Å². The van der Waals surface area contributed by atoms with Crippen molar-refractivity contribution < 1.29 is 4.79 Å². The van der Waals surface area contributed by atoms with E-state index in [1.165, 1.54) is 0 Å². The lowest BCUT2D eigenvalue weighted by atomic mass is 10.2. The Kier molecular flexibility index (Phi) is 5.59. The molecule has 5 heteroatoms. The summed E-state index contributed by atoms with van der Waals surface area (Å²) >= 11 is 2.29. The Labute approximate surface area is 156 Å². The number of aromatic nitrogens is 1. The van der Waals surface area contributed by atoms with Crippen molar-refractivity contribution in [2.24, 2.45) is 0 Å². The molecule has 4 nitrogen and oxygen atoms in total. The third-order valence-electron chi connectivity index (χ3n) is 4.29. The summed E-state index contributed by atoms with van der Waals surface area (Å²) in [7, 11) is 0. The van der Waals surface area contributed by atoms with Gasteiger partial charge in [-0.15, -0.1) is 12.3 Å². The summed E-state index contributed by atoms with van der Waals surface area (Å²) in [5, 5.41) is 0. The molecule has 1 aliphatic rings. The predicted molar refractivity (Wildman–Crippen MR) is 104 cm³/mol. The van der Waals surface area contributed by atoms with Gasteiger partial charge in [0.1, 0.15) is 5.69 Å². The Morgan fingerprint density at radius 1 is 1.17 bits per heavy atom. The number of piperazine rings is 1. The van der Waals surface area contributed by atoms with Gasteiger partial charge in [0.15, 0.2) is 0 Å². The summed E-state index contributed by atoms with van der Waals surface area (Å²) in [6.07, 6.45) is 8.04. The van der Waals surface area contributed by atoms with Gasteiger partial charge >= 0.3 is 0 Å². The molecule has 0 bridgehead atoms. The van der Waals surface area contributed by atoms with Gasteiger partial charge in [-0.05, 0) is 52.9 Å². The van der Waals surface area contributed by atoms with Crippen LogP contribution >= 0.6 is 22.6 Å². The van der Waals surface area contributed by atoms with Crippen molar-refractivity contribution in [3.8, 4) is 18.0 Å². The molecule has 1 aromatic heterocycles. The second-order valence-corrected chi connectivity index (χ2v) is 7.08. The predicted octanol–water partition coefficient (Wildman–Crippen LogP) is 2.86. The molecule has 1 amide bonds. The fourth-order valence-corrected chi connectivity index (χ4v) is 3.49. The molecule has 0 aliphatic carbocycles. The first-order valence-electron chi connectivity index (χ1n) is 8.07. The lowest BCUT2D eigenvalue weighted by Gasteiger charge is -2.34. The van der Waals surface area contributed by atoms with Crippen molar-refractivity contribution in [1.82, 2.24) is 14.4 Å². The standard InChI is InChI=1S/C19H20IN3O/c1-2-3-9-21-11-13-22(14-12-21)19(24)18-8-5-10-23(18)17-7-4-6-16(20)15-17/h1,4-8,10,15H,3,9,11-14H2. The lowest BCUT2D eigenvalue weighted by Crippen LogP contribution is -2.49. The topological polar surface area (TPSA) is 28.5 Å². The smallest absolute Gasteiger partial charge is 0.270 e. The van der Waals surface area contributed by atoms with E-state index in [2.05, 4.69) is 39.5 Å². The molecule has 0 unspecified atom stereocenters. The van der Waals surface area contributed by atoms with Crippen molar-refractivity contribution in [2.45, 2.75) is 6.42 Å².